The van der Waals surface area contributed by atoms with Gasteiger partial charge in [-0.25, -0.2) is 4.39 Å². The Hall–Kier alpha value is -0.160. The lowest BCUT2D eigenvalue weighted by Gasteiger charge is -2.12. The predicted molar refractivity (Wildman–Crippen MR) is 56.6 cm³/mol. The first-order chi connectivity index (χ1) is 5.65. The molecule has 0 radical (unpaired) electrons. The number of halogens is 2. The van der Waals surface area contributed by atoms with E-state index >= 15 is 0 Å². The van der Waals surface area contributed by atoms with Crippen molar-refractivity contribution in [3.63, 3.8) is 0 Å². The topological polar surface area (TPSA) is 12.0 Å². The third-order valence-electron chi connectivity index (χ3n) is 1.86. The van der Waals surface area contributed by atoms with Gasteiger partial charge in [0.2, 0.25) is 0 Å². The van der Waals surface area contributed by atoms with E-state index in [9.17, 15) is 4.39 Å². The summed E-state index contributed by atoms with van der Waals surface area (Å²) >= 11 is 2.21. The summed E-state index contributed by atoms with van der Waals surface area (Å²) in [4.78, 5) is 0. The van der Waals surface area contributed by atoms with Crippen LogP contribution in [0.5, 0.6) is 0 Å². The van der Waals surface area contributed by atoms with Crippen LogP contribution < -0.4 is 5.32 Å². The Morgan fingerprint density at radius 1 is 1.50 bits per heavy atom. The highest BCUT2D eigenvalue weighted by molar-refractivity contribution is 14.1. The van der Waals surface area contributed by atoms with Crippen LogP contribution in [0.2, 0.25) is 0 Å². The first-order valence-electron chi connectivity index (χ1n) is 3.77. The Labute approximate surface area is 85.5 Å². The van der Waals surface area contributed by atoms with Crippen LogP contribution in [-0.2, 0) is 0 Å². The average Bonchev–Trinajstić information content (AvgIpc) is 2.08. The molecule has 3 heteroatoms. The van der Waals surface area contributed by atoms with Gasteiger partial charge in [-0.1, -0.05) is 0 Å². The van der Waals surface area contributed by atoms with E-state index in [2.05, 4.69) is 27.9 Å². The fraction of sp³-hybridized carbons (Fsp3) is 0.333. The van der Waals surface area contributed by atoms with Gasteiger partial charge < -0.3 is 5.32 Å². The fourth-order valence-electron chi connectivity index (χ4n) is 1.00. The molecule has 1 rings (SSSR count). The van der Waals surface area contributed by atoms with E-state index in [4.69, 9.17) is 0 Å². The smallest absolute Gasteiger partial charge is 0.123 e. The minimum Gasteiger partial charge on any atom is -0.313 e. The van der Waals surface area contributed by atoms with Gasteiger partial charge >= 0.3 is 0 Å². The lowest BCUT2D eigenvalue weighted by atomic mass is 10.1. The highest BCUT2D eigenvalue weighted by atomic mass is 127. The van der Waals surface area contributed by atoms with E-state index in [0.717, 1.165) is 9.13 Å². The molecule has 0 fully saturated rings. The van der Waals surface area contributed by atoms with E-state index in [1.807, 2.05) is 14.0 Å². The molecule has 0 aromatic heterocycles. The molecule has 1 nitrogen and oxygen atoms in total. The van der Waals surface area contributed by atoms with Crippen LogP contribution in [-0.4, -0.2) is 7.05 Å². The summed E-state index contributed by atoms with van der Waals surface area (Å²) in [5, 5.41) is 3.08. The highest BCUT2D eigenvalue weighted by Gasteiger charge is 2.07. The van der Waals surface area contributed by atoms with E-state index in [1.54, 1.807) is 12.1 Å². The molecule has 0 bridgehead atoms. The molecule has 12 heavy (non-hydrogen) atoms. The standard InChI is InChI=1S/C9H11FIN/c1-6(12-2)8-5-7(10)3-4-9(8)11/h3-6,12H,1-2H3. The minimum absolute atomic E-state index is 0.174. The lowest BCUT2D eigenvalue weighted by Crippen LogP contribution is -2.13. The molecule has 0 amide bonds. The molecule has 0 aliphatic rings. The zero-order valence-electron chi connectivity index (χ0n) is 7.07. The lowest BCUT2D eigenvalue weighted by molar-refractivity contribution is 0.606. The van der Waals surface area contributed by atoms with Crippen molar-refractivity contribution in [2.75, 3.05) is 7.05 Å². The molecule has 0 aliphatic carbocycles. The zero-order chi connectivity index (χ0) is 9.14. The summed E-state index contributed by atoms with van der Waals surface area (Å²) in [6, 6.07) is 5.04. The van der Waals surface area contributed by atoms with Crippen LogP contribution in [0.15, 0.2) is 18.2 Å². The van der Waals surface area contributed by atoms with Gasteiger partial charge in [0.25, 0.3) is 0 Å². The Morgan fingerprint density at radius 2 is 2.17 bits per heavy atom. The molecular weight excluding hydrogens is 268 g/mol. The summed E-state index contributed by atoms with van der Waals surface area (Å²) < 4.78 is 13.9. The van der Waals surface area contributed by atoms with E-state index < -0.39 is 0 Å². The minimum atomic E-state index is -0.174. The van der Waals surface area contributed by atoms with Crippen molar-refractivity contribution in [1.29, 1.82) is 0 Å². The SMILES string of the molecule is CNC(C)c1cc(F)ccc1I. The van der Waals surface area contributed by atoms with Gasteiger partial charge in [-0.3, -0.25) is 0 Å². The van der Waals surface area contributed by atoms with Crippen LogP contribution in [0, 0.1) is 9.39 Å². The van der Waals surface area contributed by atoms with Crippen molar-refractivity contribution in [1.82, 2.24) is 5.32 Å². The Bertz CT molecular complexity index is 275. The van der Waals surface area contributed by atoms with Crippen molar-refractivity contribution in [3.05, 3.63) is 33.1 Å². The van der Waals surface area contributed by atoms with Crippen molar-refractivity contribution in [3.8, 4) is 0 Å². The molecule has 0 heterocycles. The molecule has 0 spiro atoms. The third kappa shape index (κ3) is 2.17. The van der Waals surface area contributed by atoms with Crippen molar-refractivity contribution in [2.45, 2.75) is 13.0 Å². The number of hydrogen-bond acceptors (Lipinski definition) is 1. The number of rotatable bonds is 2. The second kappa shape index (κ2) is 4.18. The van der Waals surface area contributed by atoms with Crippen LogP contribution in [0.25, 0.3) is 0 Å². The molecule has 1 N–H and O–H groups in total. The second-order valence-corrected chi connectivity index (χ2v) is 3.84. The van der Waals surface area contributed by atoms with Gasteiger partial charge in [0.15, 0.2) is 0 Å². The van der Waals surface area contributed by atoms with Gasteiger partial charge in [-0.2, -0.15) is 0 Å². The van der Waals surface area contributed by atoms with E-state index in [0.29, 0.717) is 0 Å². The summed E-state index contributed by atoms with van der Waals surface area (Å²) in [6.45, 7) is 2.01. The van der Waals surface area contributed by atoms with Gasteiger partial charge in [0, 0.05) is 9.61 Å². The first kappa shape index (κ1) is 9.92. The molecule has 0 saturated heterocycles. The summed E-state index contributed by atoms with van der Waals surface area (Å²) in [6.07, 6.45) is 0. The summed E-state index contributed by atoms with van der Waals surface area (Å²) in [7, 11) is 1.87. The second-order valence-electron chi connectivity index (χ2n) is 2.68. The van der Waals surface area contributed by atoms with Crippen molar-refractivity contribution in [2.24, 2.45) is 0 Å². The van der Waals surface area contributed by atoms with Crippen LogP contribution in [0.4, 0.5) is 4.39 Å². The molecule has 1 atom stereocenters. The summed E-state index contributed by atoms with van der Waals surface area (Å²) in [5.41, 5.74) is 1.01. The zero-order valence-corrected chi connectivity index (χ0v) is 9.22. The normalized spacial score (nSPS) is 13.0. The molecule has 66 valence electrons. The maximum Gasteiger partial charge on any atom is 0.123 e. The Kier molecular flexibility index (Phi) is 3.46. The summed E-state index contributed by atoms with van der Waals surface area (Å²) in [5.74, 6) is -0.174. The van der Waals surface area contributed by atoms with E-state index in [-0.39, 0.29) is 11.9 Å². The van der Waals surface area contributed by atoms with Gasteiger partial charge in [-0.15, -0.1) is 0 Å². The number of nitrogens with one attached hydrogen (secondary N) is 1. The third-order valence-corrected chi connectivity index (χ3v) is 2.84. The maximum absolute atomic E-state index is 12.8. The van der Waals surface area contributed by atoms with Crippen molar-refractivity contribution < 1.29 is 4.39 Å². The van der Waals surface area contributed by atoms with Gasteiger partial charge in [0.1, 0.15) is 5.82 Å². The van der Waals surface area contributed by atoms with Gasteiger partial charge in [0.05, 0.1) is 0 Å². The molecule has 1 aromatic carbocycles. The van der Waals surface area contributed by atoms with Crippen LogP contribution in [0.3, 0.4) is 0 Å². The molecular formula is C9H11FIN. The number of hydrogen-bond donors (Lipinski definition) is 1. The van der Waals surface area contributed by atoms with Gasteiger partial charge in [-0.05, 0) is 60.3 Å². The van der Waals surface area contributed by atoms with Crippen LogP contribution in [0.1, 0.15) is 18.5 Å². The maximum atomic E-state index is 12.8. The first-order valence-corrected chi connectivity index (χ1v) is 4.85. The van der Waals surface area contributed by atoms with Crippen molar-refractivity contribution >= 4 is 22.6 Å². The number of benzene rings is 1. The largest absolute Gasteiger partial charge is 0.313 e. The molecule has 1 unspecified atom stereocenters. The molecule has 0 saturated carbocycles. The molecule has 1 aromatic rings. The average molecular weight is 279 g/mol. The highest BCUT2D eigenvalue weighted by Crippen LogP contribution is 2.20. The Morgan fingerprint density at radius 3 is 2.75 bits per heavy atom. The Balaban J connectivity index is 3.04. The van der Waals surface area contributed by atoms with Crippen LogP contribution >= 0.6 is 22.6 Å². The van der Waals surface area contributed by atoms with E-state index in [1.165, 1.54) is 6.07 Å². The predicted octanol–water partition coefficient (Wildman–Crippen LogP) is 2.71. The molecule has 0 aliphatic heterocycles. The quantitative estimate of drug-likeness (QED) is 0.821. The fourth-order valence-corrected chi connectivity index (χ4v) is 1.80. The monoisotopic (exact) mass is 279 g/mol.